The quantitative estimate of drug-likeness (QED) is 0.742. The van der Waals surface area contributed by atoms with E-state index in [0.717, 1.165) is 38.0 Å². The van der Waals surface area contributed by atoms with Gasteiger partial charge in [0.2, 0.25) is 11.8 Å². The molecule has 2 aliphatic rings. The third-order valence-electron chi connectivity index (χ3n) is 5.63. The standard InChI is InChI=1S/C20H31N5O2/c21-19(26)15-24-9-5-7-17(14-24)20(27)23-13-18(16-6-4-8-22-12-16)25-10-2-1-3-11-25/h4,6,8,12,17-18H,1-3,5,7,9-11,13-15H2,(H2,21,26)(H,23,27). The Morgan fingerprint density at radius 2 is 2.04 bits per heavy atom. The second-order valence-corrected chi connectivity index (χ2v) is 7.68. The zero-order chi connectivity index (χ0) is 19.1. The fourth-order valence-corrected chi connectivity index (χ4v) is 4.24. The number of aromatic nitrogens is 1. The number of nitrogens with zero attached hydrogens (tertiary/aromatic N) is 3. The van der Waals surface area contributed by atoms with Gasteiger partial charge in [-0.05, 0) is 56.9 Å². The summed E-state index contributed by atoms with van der Waals surface area (Å²) in [4.78, 5) is 32.6. The average Bonchev–Trinajstić information content (AvgIpc) is 2.69. The van der Waals surface area contributed by atoms with E-state index in [2.05, 4.69) is 21.3 Å². The molecule has 0 radical (unpaired) electrons. The summed E-state index contributed by atoms with van der Waals surface area (Å²) in [7, 11) is 0. The first-order chi connectivity index (χ1) is 13.1. The molecule has 0 spiro atoms. The van der Waals surface area contributed by atoms with Crippen LogP contribution in [0.2, 0.25) is 0 Å². The Labute approximate surface area is 161 Å². The summed E-state index contributed by atoms with van der Waals surface area (Å²) in [5, 5.41) is 3.17. The highest BCUT2D eigenvalue weighted by molar-refractivity contribution is 5.79. The Hall–Kier alpha value is -1.99. The number of nitrogens with one attached hydrogen (secondary N) is 1. The predicted octanol–water partition coefficient (Wildman–Crippen LogP) is 0.922. The molecule has 2 atom stereocenters. The summed E-state index contributed by atoms with van der Waals surface area (Å²) >= 11 is 0. The monoisotopic (exact) mass is 373 g/mol. The molecule has 148 valence electrons. The number of hydrogen-bond donors (Lipinski definition) is 2. The maximum atomic E-state index is 12.8. The third-order valence-corrected chi connectivity index (χ3v) is 5.63. The van der Waals surface area contributed by atoms with Crippen molar-refractivity contribution < 1.29 is 9.59 Å². The Kier molecular flexibility index (Phi) is 7.18. The minimum atomic E-state index is -0.335. The summed E-state index contributed by atoms with van der Waals surface area (Å²) in [6.45, 7) is 4.39. The van der Waals surface area contributed by atoms with Crippen molar-refractivity contribution >= 4 is 11.8 Å². The van der Waals surface area contributed by atoms with Gasteiger partial charge in [0.15, 0.2) is 0 Å². The molecular formula is C20H31N5O2. The van der Waals surface area contributed by atoms with Crippen molar-refractivity contribution in [1.29, 1.82) is 0 Å². The lowest BCUT2D eigenvalue weighted by molar-refractivity contribution is -0.128. The van der Waals surface area contributed by atoms with Gasteiger partial charge in [0.25, 0.3) is 0 Å². The molecule has 3 N–H and O–H groups in total. The van der Waals surface area contributed by atoms with Crippen LogP contribution in [0.1, 0.15) is 43.7 Å². The van der Waals surface area contributed by atoms with E-state index in [1.165, 1.54) is 19.3 Å². The Balaban J connectivity index is 1.59. The van der Waals surface area contributed by atoms with E-state index in [9.17, 15) is 9.59 Å². The van der Waals surface area contributed by atoms with Crippen LogP contribution in [0.15, 0.2) is 24.5 Å². The molecule has 3 heterocycles. The van der Waals surface area contributed by atoms with Gasteiger partial charge in [-0.1, -0.05) is 12.5 Å². The molecule has 3 rings (SSSR count). The summed E-state index contributed by atoms with van der Waals surface area (Å²) in [6, 6.07) is 4.21. The zero-order valence-electron chi connectivity index (χ0n) is 16.0. The Morgan fingerprint density at radius 3 is 2.74 bits per heavy atom. The smallest absolute Gasteiger partial charge is 0.231 e. The average molecular weight is 374 g/mol. The first kappa shape index (κ1) is 19.8. The van der Waals surface area contributed by atoms with Gasteiger partial charge >= 0.3 is 0 Å². The van der Waals surface area contributed by atoms with Crippen molar-refractivity contribution in [3.8, 4) is 0 Å². The highest BCUT2D eigenvalue weighted by atomic mass is 16.2. The highest BCUT2D eigenvalue weighted by Crippen LogP contribution is 2.24. The van der Waals surface area contributed by atoms with Crippen LogP contribution < -0.4 is 11.1 Å². The lowest BCUT2D eigenvalue weighted by Crippen LogP contribution is -2.47. The predicted molar refractivity (Wildman–Crippen MR) is 104 cm³/mol. The van der Waals surface area contributed by atoms with Crippen LogP contribution in [0, 0.1) is 5.92 Å². The van der Waals surface area contributed by atoms with Crippen molar-refractivity contribution in [2.24, 2.45) is 11.7 Å². The van der Waals surface area contributed by atoms with Crippen molar-refractivity contribution in [1.82, 2.24) is 20.1 Å². The third kappa shape index (κ3) is 5.74. The largest absolute Gasteiger partial charge is 0.369 e. The van der Waals surface area contributed by atoms with E-state index in [4.69, 9.17) is 5.73 Å². The van der Waals surface area contributed by atoms with Crippen LogP contribution in [0.25, 0.3) is 0 Å². The van der Waals surface area contributed by atoms with Gasteiger partial charge in [-0.15, -0.1) is 0 Å². The van der Waals surface area contributed by atoms with E-state index in [1.54, 1.807) is 6.20 Å². The molecule has 27 heavy (non-hydrogen) atoms. The number of pyridine rings is 1. The maximum Gasteiger partial charge on any atom is 0.231 e. The second-order valence-electron chi connectivity index (χ2n) is 7.68. The first-order valence-corrected chi connectivity index (χ1v) is 10.1. The van der Waals surface area contributed by atoms with Crippen LogP contribution >= 0.6 is 0 Å². The molecule has 2 saturated heterocycles. The minimum absolute atomic E-state index is 0.0750. The summed E-state index contributed by atoms with van der Waals surface area (Å²) in [6.07, 6.45) is 9.16. The van der Waals surface area contributed by atoms with Gasteiger partial charge < -0.3 is 11.1 Å². The molecule has 1 aromatic rings. The van der Waals surface area contributed by atoms with Crippen LogP contribution in [0.5, 0.6) is 0 Å². The van der Waals surface area contributed by atoms with Crippen molar-refractivity contribution in [2.45, 2.75) is 38.1 Å². The molecule has 0 aliphatic carbocycles. The number of rotatable bonds is 7. The maximum absolute atomic E-state index is 12.8. The molecule has 0 bridgehead atoms. The number of primary amides is 1. The second kappa shape index (κ2) is 9.80. The van der Waals surface area contributed by atoms with Gasteiger partial charge in [0.1, 0.15) is 0 Å². The van der Waals surface area contributed by atoms with Crippen LogP contribution in [0.4, 0.5) is 0 Å². The van der Waals surface area contributed by atoms with Crippen molar-refractivity contribution in [3.63, 3.8) is 0 Å². The van der Waals surface area contributed by atoms with Crippen LogP contribution in [-0.4, -0.2) is 65.9 Å². The van der Waals surface area contributed by atoms with E-state index in [1.807, 2.05) is 17.2 Å². The number of nitrogens with two attached hydrogens (primary N) is 1. The molecule has 1 aromatic heterocycles. The molecule has 2 unspecified atom stereocenters. The zero-order valence-corrected chi connectivity index (χ0v) is 16.0. The van der Waals surface area contributed by atoms with E-state index >= 15 is 0 Å². The highest BCUT2D eigenvalue weighted by Gasteiger charge is 2.28. The lowest BCUT2D eigenvalue weighted by Gasteiger charge is -2.36. The summed E-state index contributed by atoms with van der Waals surface area (Å²) in [5.74, 6) is -0.332. The van der Waals surface area contributed by atoms with Crippen molar-refractivity contribution in [3.05, 3.63) is 30.1 Å². The number of amides is 2. The Bertz CT molecular complexity index is 618. The molecule has 7 nitrogen and oxygen atoms in total. The molecule has 2 amide bonds. The first-order valence-electron chi connectivity index (χ1n) is 10.1. The fraction of sp³-hybridized carbons (Fsp3) is 0.650. The number of piperidine rings is 2. The molecule has 2 aliphatic heterocycles. The van der Waals surface area contributed by atoms with Crippen molar-refractivity contribution in [2.75, 3.05) is 39.3 Å². The van der Waals surface area contributed by atoms with Gasteiger partial charge in [-0.25, -0.2) is 0 Å². The SMILES string of the molecule is NC(=O)CN1CCCC(C(=O)NCC(c2cccnc2)N2CCCCC2)C1. The van der Waals surface area contributed by atoms with E-state index in [-0.39, 0.29) is 30.3 Å². The molecule has 0 saturated carbocycles. The number of likely N-dealkylation sites (tertiary alicyclic amines) is 2. The Morgan fingerprint density at radius 1 is 1.22 bits per heavy atom. The number of hydrogen-bond acceptors (Lipinski definition) is 5. The number of carbonyl (C=O) groups excluding carboxylic acids is 2. The van der Waals surface area contributed by atoms with E-state index in [0.29, 0.717) is 13.1 Å². The van der Waals surface area contributed by atoms with Gasteiger partial charge in [0, 0.05) is 25.5 Å². The van der Waals surface area contributed by atoms with Gasteiger partial charge in [-0.2, -0.15) is 0 Å². The van der Waals surface area contributed by atoms with Crippen LogP contribution in [0.3, 0.4) is 0 Å². The topological polar surface area (TPSA) is 91.6 Å². The minimum Gasteiger partial charge on any atom is -0.369 e. The van der Waals surface area contributed by atoms with Gasteiger partial charge in [-0.3, -0.25) is 24.4 Å². The lowest BCUT2D eigenvalue weighted by atomic mass is 9.96. The summed E-state index contributed by atoms with van der Waals surface area (Å²) < 4.78 is 0. The number of carbonyl (C=O) groups is 2. The summed E-state index contributed by atoms with van der Waals surface area (Å²) in [5.41, 5.74) is 6.45. The molecule has 0 aromatic carbocycles. The molecule has 2 fully saturated rings. The molecular weight excluding hydrogens is 342 g/mol. The molecule has 7 heteroatoms. The fourth-order valence-electron chi connectivity index (χ4n) is 4.24. The van der Waals surface area contributed by atoms with Crippen LogP contribution in [-0.2, 0) is 9.59 Å². The normalized spacial score (nSPS) is 22.9. The van der Waals surface area contributed by atoms with E-state index < -0.39 is 0 Å². The van der Waals surface area contributed by atoms with Gasteiger partial charge in [0.05, 0.1) is 18.5 Å².